The summed E-state index contributed by atoms with van der Waals surface area (Å²) < 4.78 is 0. The van der Waals surface area contributed by atoms with Crippen molar-refractivity contribution in [3.05, 3.63) is 54.1 Å². The highest BCUT2D eigenvalue weighted by atomic mass is 15.1. The largest absolute Gasteiger partial charge is 0.377 e. The van der Waals surface area contributed by atoms with Crippen molar-refractivity contribution in [1.29, 1.82) is 0 Å². The number of hydrogen-bond acceptors (Lipinski definition) is 3. The Morgan fingerprint density at radius 1 is 1.05 bits per heavy atom. The second-order valence-corrected chi connectivity index (χ2v) is 4.97. The molecule has 0 spiro atoms. The summed E-state index contributed by atoms with van der Waals surface area (Å²) in [5, 5.41) is 6.77. The highest BCUT2D eigenvalue weighted by molar-refractivity contribution is 5.89. The summed E-state index contributed by atoms with van der Waals surface area (Å²) in [5.41, 5.74) is 4.96. The summed E-state index contributed by atoms with van der Waals surface area (Å²) in [5.74, 6) is 1.05. The van der Waals surface area contributed by atoms with Crippen LogP contribution in [0.15, 0.2) is 53.5 Å². The van der Waals surface area contributed by atoms with Crippen LogP contribution in [-0.2, 0) is 0 Å². The molecule has 0 unspecified atom stereocenters. The Bertz CT molecular complexity index is 632. The van der Waals surface area contributed by atoms with Crippen LogP contribution in [0, 0.1) is 6.92 Å². The Morgan fingerprint density at radius 3 is 2.55 bits per heavy atom. The molecule has 0 bridgehead atoms. The molecular weight excluding hydrogens is 246 g/mol. The average molecular weight is 265 g/mol. The lowest BCUT2D eigenvalue weighted by Crippen LogP contribution is -2.26. The van der Waals surface area contributed by atoms with Crippen LogP contribution in [0.5, 0.6) is 0 Å². The second-order valence-electron chi connectivity index (χ2n) is 4.97. The third kappa shape index (κ3) is 2.67. The SMILES string of the molecule is Cc1ccccc1-c1ccccc1NCC1=NCCN1. The quantitative estimate of drug-likeness (QED) is 0.891. The van der Waals surface area contributed by atoms with Crippen molar-refractivity contribution in [2.24, 2.45) is 4.99 Å². The Morgan fingerprint density at radius 2 is 1.80 bits per heavy atom. The van der Waals surface area contributed by atoms with Gasteiger partial charge in [-0.1, -0.05) is 42.5 Å². The van der Waals surface area contributed by atoms with Crippen molar-refractivity contribution in [1.82, 2.24) is 5.32 Å². The zero-order valence-corrected chi connectivity index (χ0v) is 11.7. The number of aliphatic imine (C=N–C) groups is 1. The number of aryl methyl sites for hydroxylation is 1. The highest BCUT2D eigenvalue weighted by Crippen LogP contribution is 2.29. The van der Waals surface area contributed by atoms with Crippen molar-refractivity contribution in [3.8, 4) is 11.1 Å². The Labute approximate surface area is 119 Å². The zero-order valence-electron chi connectivity index (χ0n) is 11.7. The van der Waals surface area contributed by atoms with Crippen LogP contribution < -0.4 is 10.6 Å². The van der Waals surface area contributed by atoms with E-state index in [1.165, 1.54) is 16.7 Å². The van der Waals surface area contributed by atoms with Crippen LogP contribution >= 0.6 is 0 Å². The molecule has 2 aromatic carbocycles. The Kier molecular flexibility index (Phi) is 3.68. The summed E-state index contributed by atoms with van der Waals surface area (Å²) in [4.78, 5) is 4.41. The van der Waals surface area contributed by atoms with E-state index in [9.17, 15) is 0 Å². The van der Waals surface area contributed by atoms with E-state index in [2.05, 4.69) is 71.1 Å². The van der Waals surface area contributed by atoms with Crippen molar-refractivity contribution >= 4 is 11.5 Å². The van der Waals surface area contributed by atoms with Crippen LogP contribution in [0.4, 0.5) is 5.69 Å². The Balaban J connectivity index is 1.86. The first-order valence-corrected chi connectivity index (χ1v) is 7.01. The predicted molar refractivity (Wildman–Crippen MR) is 85.4 cm³/mol. The van der Waals surface area contributed by atoms with Gasteiger partial charge in [0.1, 0.15) is 5.84 Å². The topological polar surface area (TPSA) is 36.4 Å². The second kappa shape index (κ2) is 5.78. The molecule has 0 aromatic heterocycles. The summed E-state index contributed by atoms with van der Waals surface area (Å²) in [7, 11) is 0. The van der Waals surface area contributed by atoms with Crippen LogP contribution in [0.3, 0.4) is 0 Å². The van der Waals surface area contributed by atoms with Gasteiger partial charge in [0.05, 0.1) is 13.1 Å². The first-order valence-electron chi connectivity index (χ1n) is 7.01. The van der Waals surface area contributed by atoms with Gasteiger partial charge in [-0.25, -0.2) is 0 Å². The van der Waals surface area contributed by atoms with E-state index in [0.717, 1.165) is 31.2 Å². The van der Waals surface area contributed by atoms with Gasteiger partial charge in [0.15, 0.2) is 0 Å². The number of nitrogens with zero attached hydrogens (tertiary/aromatic N) is 1. The number of rotatable bonds is 4. The summed E-state index contributed by atoms with van der Waals surface area (Å²) in [6, 6.07) is 16.9. The van der Waals surface area contributed by atoms with Gasteiger partial charge in [-0.3, -0.25) is 4.99 Å². The fourth-order valence-corrected chi connectivity index (χ4v) is 2.49. The number of hydrogen-bond donors (Lipinski definition) is 2. The molecule has 0 saturated heterocycles. The first kappa shape index (κ1) is 12.7. The van der Waals surface area contributed by atoms with Gasteiger partial charge < -0.3 is 10.6 Å². The van der Waals surface area contributed by atoms with Gasteiger partial charge in [0.2, 0.25) is 0 Å². The fourth-order valence-electron chi connectivity index (χ4n) is 2.49. The molecule has 20 heavy (non-hydrogen) atoms. The standard InChI is InChI=1S/C17H19N3/c1-13-6-2-3-7-14(13)15-8-4-5-9-16(15)20-12-17-18-10-11-19-17/h2-9,20H,10-12H2,1H3,(H,18,19). The number of para-hydroxylation sites is 1. The molecule has 0 aliphatic carbocycles. The van der Waals surface area contributed by atoms with Crippen molar-refractivity contribution < 1.29 is 0 Å². The number of nitrogens with one attached hydrogen (secondary N) is 2. The van der Waals surface area contributed by atoms with Gasteiger partial charge >= 0.3 is 0 Å². The van der Waals surface area contributed by atoms with Gasteiger partial charge in [-0.05, 0) is 24.1 Å². The van der Waals surface area contributed by atoms with Crippen molar-refractivity contribution in [3.63, 3.8) is 0 Å². The first-order chi connectivity index (χ1) is 9.84. The van der Waals surface area contributed by atoms with E-state index in [4.69, 9.17) is 0 Å². The molecule has 0 fully saturated rings. The van der Waals surface area contributed by atoms with Gasteiger partial charge in [-0.15, -0.1) is 0 Å². The average Bonchev–Trinajstić information content (AvgIpc) is 2.99. The minimum atomic E-state index is 0.753. The monoisotopic (exact) mass is 265 g/mol. The molecule has 1 aliphatic rings. The lowest BCUT2D eigenvalue weighted by molar-refractivity contribution is 0.956. The molecule has 0 saturated carbocycles. The molecule has 3 rings (SSSR count). The molecule has 1 aliphatic heterocycles. The molecule has 3 nitrogen and oxygen atoms in total. The molecule has 102 valence electrons. The summed E-state index contributed by atoms with van der Waals surface area (Å²) in [6.07, 6.45) is 0. The molecule has 2 aromatic rings. The van der Waals surface area contributed by atoms with Crippen molar-refractivity contribution in [2.45, 2.75) is 6.92 Å². The highest BCUT2D eigenvalue weighted by Gasteiger charge is 2.08. The van der Waals surface area contributed by atoms with Crippen LogP contribution in [0.2, 0.25) is 0 Å². The number of benzene rings is 2. The lowest BCUT2D eigenvalue weighted by atomic mass is 9.99. The Hall–Kier alpha value is -2.29. The van der Waals surface area contributed by atoms with Crippen LogP contribution in [0.25, 0.3) is 11.1 Å². The maximum absolute atomic E-state index is 4.41. The summed E-state index contributed by atoms with van der Waals surface area (Å²) in [6.45, 7) is 4.74. The van der Waals surface area contributed by atoms with E-state index < -0.39 is 0 Å². The van der Waals surface area contributed by atoms with Gasteiger partial charge in [0, 0.05) is 17.8 Å². The fraction of sp³-hybridized carbons (Fsp3) is 0.235. The van der Waals surface area contributed by atoms with Crippen molar-refractivity contribution in [2.75, 3.05) is 25.0 Å². The molecule has 1 heterocycles. The molecule has 0 radical (unpaired) electrons. The molecule has 0 amide bonds. The normalized spacial score (nSPS) is 13.8. The third-order valence-corrected chi connectivity index (χ3v) is 3.55. The van der Waals surface area contributed by atoms with Gasteiger partial charge in [-0.2, -0.15) is 0 Å². The van der Waals surface area contributed by atoms with E-state index >= 15 is 0 Å². The lowest BCUT2D eigenvalue weighted by Gasteiger charge is -2.14. The molecule has 3 heteroatoms. The van der Waals surface area contributed by atoms with E-state index in [1.54, 1.807) is 0 Å². The molecular formula is C17H19N3. The minimum absolute atomic E-state index is 0.753. The number of anilines is 1. The smallest absolute Gasteiger partial charge is 0.116 e. The molecule has 0 atom stereocenters. The van der Waals surface area contributed by atoms with E-state index in [-0.39, 0.29) is 0 Å². The van der Waals surface area contributed by atoms with E-state index in [0.29, 0.717) is 0 Å². The van der Waals surface area contributed by atoms with Crippen LogP contribution in [-0.4, -0.2) is 25.5 Å². The predicted octanol–water partition coefficient (Wildman–Crippen LogP) is 3.08. The third-order valence-electron chi connectivity index (χ3n) is 3.55. The molecule has 2 N–H and O–H groups in total. The number of amidine groups is 1. The zero-order chi connectivity index (χ0) is 13.8. The maximum atomic E-state index is 4.41. The minimum Gasteiger partial charge on any atom is -0.377 e. The summed E-state index contributed by atoms with van der Waals surface area (Å²) >= 11 is 0. The van der Waals surface area contributed by atoms with Crippen LogP contribution in [0.1, 0.15) is 5.56 Å². The maximum Gasteiger partial charge on any atom is 0.116 e. The van der Waals surface area contributed by atoms with Gasteiger partial charge in [0.25, 0.3) is 0 Å². The van der Waals surface area contributed by atoms with E-state index in [1.807, 2.05) is 0 Å².